The van der Waals surface area contributed by atoms with Crippen LogP contribution in [0.15, 0.2) is 18.2 Å². The lowest BCUT2D eigenvalue weighted by atomic mass is 10.00. The summed E-state index contributed by atoms with van der Waals surface area (Å²) < 4.78 is 0. The van der Waals surface area contributed by atoms with Crippen molar-refractivity contribution < 1.29 is 0 Å². The first-order valence-corrected chi connectivity index (χ1v) is 7.63. The normalized spacial score (nSPS) is 12.7. The summed E-state index contributed by atoms with van der Waals surface area (Å²) in [5, 5.41) is 5.05. The molecule has 3 heteroatoms. The highest BCUT2D eigenvalue weighted by Crippen LogP contribution is 2.29. The number of benzene rings is 1. The lowest BCUT2D eigenvalue weighted by molar-refractivity contribution is 0.474. The Hall–Kier alpha value is -0.240. The summed E-state index contributed by atoms with van der Waals surface area (Å²) in [5.74, 6) is 0. The third-order valence-electron chi connectivity index (χ3n) is 3.08. The van der Waals surface area contributed by atoms with Crippen molar-refractivity contribution in [2.24, 2.45) is 0 Å². The molecular weight excluding hydrogens is 265 g/mol. The highest BCUT2D eigenvalue weighted by atomic mass is 35.5. The van der Waals surface area contributed by atoms with Gasteiger partial charge in [-0.3, -0.25) is 0 Å². The number of rotatable bonds is 8. The molecule has 1 aromatic carbocycles. The minimum absolute atomic E-state index is 0.348. The molecule has 0 aromatic heterocycles. The summed E-state index contributed by atoms with van der Waals surface area (Å²) in [6.45, 7) is 5.43. The molecule has 1 rings (SSSR count). The molecule has 0 heterocycles. The van der Waals surface area contributed by atoms with Gasteiger partial charge in [-0.15, -0.1) is 0 Å². The van der Waals surface area contributed by atoms with Crippen molar-refractivity contribution in [1.29, 1.82) is 0 Å². The van der Waals surface area contributed by atoms with Gasteiger partial charge in [-0.2, -0.15) is 0 Å². The van der Waals surface area contributed by atoms with Crippen molar-refractivity contribution in [3.63, 3.8) is 0 Å². The molecule has 102 valence electrons. The van der Waals surface area contributed by atoms with E-state index in [1.165, 1.54) is 24.8 Å². The maximum atomic E-state index is 6.29. The lowest BCUT2D eigenvalue weighted by Crippen LogP contribution is -2.22. The van der Waals surface area contributed by atoms with E-state index in [-0.39, 0.29) is 0 Å². The van der Waals surface area contributed by atoms with Crippen LogP contribution >= 0.6 is 23.2 Å². The molecule has 1 unspecified atom stereocenters. The zero-order valence-electron chi connectivity index (χ0n) is 11.3. The molecular formula is C15H23Cl2N. The molecule has 0 aliphatic heterocycles. The molecule has 0 aliphatic rings. The van der Waals surface area contributed by atoms with Gasteiger partial charge in [0.05, 0.1) is 0 Å². The molecule has 0 aliphatic carbocycles. The van der Waals surface area contributed by atoms with Gasteiger partial charge in [-0.25, -0.2) is 0 Å². The molecule has 0 amide bonds. The molecule has 0 spiro atoms. The molecule has 1 atom stereocenters. The molecule has 1 N–H and O–H groups in total. The first kappa shape index (κ1) is 15.8. The second-order valence-electron chi connectivity index (χ2n) is 4.67. The summed E-state index contributed by atoms with van der Waals surface area (Å²) in [5.41, 5.74) is 1.17. The van der Waals surface area contributed by atoms with Crippen molar-refractivity contribution in [3.05, 3.63) is 33.8 Å². The maximum absolute atomic E-state index is 6.29. The number of hydrogen-bond acceptors (Lipinski definition) is 1. The van der Waals surface area contributed by atoms with Crippen molar-refractivity contribution in [2.45, 2.75) is 52.0 Å². The summed E-state index contributed by atoms with van der Waals surface area (Å²) in [4.78, 5) is 0. The van der Waals surface area contributed by atoms with E-state index in [1.807, 2.05) is 18.2 Å². The van der Waals surface area contributed by atoms with Gasteiger partial charge >= 0.3 is 0 Å². The van der Waals surface area contributed by atoms with Gasteiger partial charge in [0.25, 0.3) is 0 Å². The highest BCUT2D eigenvalue weighted by Gasteiger charge is 2.13. The molecule has 1 aromatic rings. The van der Waals surface area contributed by atoms with E-state index in [4.69, 9.17) is 23.2 Å². The maximum Gasteiger partial charge on any atom is 0.0468 e. The second-order valence-corrected chi connectivity index (χ2v) is 5.51. The quantitative estimate of drug-likeness (QED) is 0.613. The van der Waals surface area contributed by atoms with Crippen LogP contribution in [-0.2, 0) is 0 Å². The van der Waals surface area contributed by atoms with Crippen LogP contribution in [0, 0.1) is 0 Å². The Balaban J connectivity index is 2.73. The Morgan fingerprint density at radius 2 is 1.89 bits per heavy atom. The lowest BCUT2D eigenvalue weighted by Gasteiger charge is -2.20. The summed E-state index contributed by atoms with van der Waals surface area (Å²) in [6.07, 6.45) is 6.02. The Bertz CT molecular complexity index is 352. The van der Waals surface area contributed by atoms with Crippen LogP contribution in [0.25, 0.3) is 0 Å². The van der Waals surface area contributed by atoms with Gasteiger partial charge < -0.3 is 5.32 Å². The third kappa shape index (κ3) is 5.17. The average molecular weight is 288 g/mol. The van der Waals surface area contributed by atoms with Crippen LogP contribution in [0.5, 0.6) is 0 Å². The fraction of sp³-hybridized carbons (Fsp3) is 0.600. The SMILES string of the molecule is CCCCCC(NCCC)c1ccc(Cl)cc1Cl. The Morgan fingerprint density at radius 3 is 2.50 bits per heavy atom. The van der Waals surface area contributed by atoms with Crippen LogP contribution < -0.4 is 5.32 Å². The minimum Gasteiger partial charge on any atom is -0.310 e. The van der Waals surface area contributed by atoms with E-state index >= 15 is 0 Å². The molecule has 1 nitrogen and oxygen atoms in total. The highest BCUT2D eigenvalue weighted by molar-refractivity contribution is 6.35. The van der Waals surface area contributed by atoms with E-state index in [1.54, 1.807) is 0 Å². The zero-order valence-corrected chi connectivity index (χ0v) is 12.8. The van der Waals surface area contributed by atoms with Gasteiger partial charge in [-0.05, 0) is 37.1 Å². The fourth-order valence-corrected chi connectivity index (χ4v) is 2.61. The van der Waals surface area contributed by atoms with Gasteiger partial charge in [0.15, 0.2) is 0 Å². The number of nitrogens with one attached hydrogen (secondary N) is 1. The van der Waals surface area contributed by atoms with Gasteiger partial charge in [0, 0.05) is 16.1 Å². The van der Waals surface area contributed by atoms with Gasteiger partial charge in [0.1, 0.15) is 0 Å². The smallest absolute Gasteiger partial charge is 0.0468 e. The van der Waals surface area contributed by atoms with Crippen molar-refractivity contribution >= 4 is 23.2 Å². The molecule has 0 bridgehead atoms. The number of hydrogen-bond donors (Lipinski definition) is 1. The fourth-order valence-electron chi connectivity index (χ4n) is 2.07. The van der Waals surface area contributed by atoms with Crippen LogP contribution in [-0.4, -0.2) is 6.54 Å². The van der Waals surface area contributed by atoms with E-state index < -0.39 is 0 Å². The van der Waals surface area contributed by atoms with Gasteiger partial charge in [-0.1, -0.05) is 62.4 Å². The summed E-state index contributed by atoms with van der Waals surface area (Å²) in [7, 11) is 0. The van der Waals surface area contributed by atoms with Gasteiger partial charge in [0.2, 0.25) is 0 Å². The first-order chi connectivity index (χ1) is 8.69. The van der Waals surface area contributed by atoms with Crippen molar-refractivity contribution in [2.75, 3.05) is 6.54 Å². The molecule has 18 heavy (non-hydrogen) atoms. The topological polar surface area (TPSA) is 12.0 Å². The third-order valence-corrected chi connectivity index (χ3v) is 3.64. The molecule has 0 radical (unpaired) electrons. The van der Waals surface area contributed by atoms with Crippen LogP contribution in [0.2, 0.25) is 10.0 Å². The number of unbranched alkanes of at least 4 members (excludes halogenated alkanes) is 2. The predicted molar refractivity (Wildman–Crippen MR) is 81.6 cm³/mol. The summed E-state index contributed by atoms with van der Waals surface area (Å²) >= 11 is 12.2. The van der Waals surface area contributed by atoms with Crippen LogP contribution in [0.1, 0.15) is 57.6 Å². The predicted octanol–water partition coefficient (Wildman–Crippen LogP) is 5.61. The van der Waals surface area contributed by atoms with Crippen LogP contribution in [0.3, 0.4) is 0 Å². The minimum atomic E-state index is 0.348. The zero-order chi connectivity index (χ0) is 13.4. The van der Waals surface area contributed by atoms with Crippen molar-refractivity contribution in [1.82, 2.24) is 5.32 Å². The van der Waals surface area contributed by atoms with E-state index in [9.17, 15) is 0 Å². The molecule has 0 saturated heterocycles. The average Bonchev–Trinajstić information content (AvgIpc) is 2.34. The van der Waals surface area contributed by atoms with Crippen molar-refractivity contribution in [3.8, 4) is 0 Å². The molecule has 0 saturated carbocycles. The largest absolute Gasteiger partial charge is 0.310 e. The van der Waals surface area contributed by atoms with Crippen LogP contribution in [0.4, 0.5) is 0 Å². The van der Waals surface area contributed by atoms with E-state index in [0.717, 1.165) is 24.4 Å². The Morgan fingerprint density at radius 1 is 1.11 bits per heavy atom. The monoisotopic (exact) mass is 287 g/mol. The Kier molecular flexibility index (Phi) is 7.73. The summed E-state index contributed by atoms with van der Waals surface area (Å²) in [6, 6.07) is 6.15. The number of halogens is 2. The molecule has 0 fully saturated rings. The first-order valence-electron chi connectivity index (χ1n) is 6.87. The van der Waals surface area contributed by atoms with E-state index in [2.05, 4.69) is 19.2 Å². The Labute approximate surface area is 121 Å². The standard InChI is InChI=1S/C15H23Cl2N/c1-3-5-6-7-15(18-10-4-2)13-9-8-12(16)11-14(13)17/h8-9,11,15,18H,3-7,10H2,1-2H3. The second kappa shape index (κ2) is 8.79. The van der Waals surface area contributed by atoms with E-state index in [0.29, 0.717) is 11.1 Å².